The highest BCUT2D eigenvalue weighted by molar-refractivity contribution is 7.92. The molecule has 3 rings (SSSR count). The average molecular weight is 339 g/mol. The van der Waals surface area contributed by atoms with Gasteiger partial charge in [0.2, 0.25) is 0 Å². The van der Waals surface area contributed by atoms with Gasteiger partial charge in [0.05, 0.1) is 10.6 Å². The molecule has 1 heterocycles. The molecule has 0 fully saturated rings. The summed E-state index contributed by atoms with van der Waals surface area (Å²) in [6.45, 7) is -0.0968. The first-order chi connectivity index (χ1) is 10.5. The van der Waals surface area contributed by atoms with Crippen molar-refractivity contribution < 1.29 is 17.9 Å². The number of halogens is 1. The van der Waals surface area contributed by atoms with Gasteiger partial charge in [-0.05, 0) is 36.4 Å². The fourth-order valence-corrected chi connectivity index (χ4v) is 3.20. The molecule has 0 spiro atoms. The SMILES string of the molecule is O=C1COc2cccc(NS(=O)(=O)c3ccc(Cl)cc3)c2N1. The van der Waals surface area contributed by atoms with Gasteiger partial charge in [0.1, 0.15) is 11.4 Å². The Balaban J connectivity index is 1.96. The zero-order chi connectivity index (χ0) is 15.7. The standard InChI is InChI=1S/C14H11ClN2O4S/c15-9-4-6-10(7-5-9)22(19,20)17-11-2-1-3-12-14(11)16-13(18)8-21-12/h1-7,17H,8H2,(H,16,18). The second-order valence-corrected chi connectivity index (χ2v) is 6.69. The molecule has 0 bridgehead atoms. The second-order valence-electron chi connectivity index (χ2n) is 4.57. The van der Waals surface area contributed by atoms with Crippen molar-refractivity contribution in [2.75, 3.05) is 16.6 Å². The number of hydrogen-bond donors (Lipinski definition) is 2. The average Bonchev–Trinajstić information content (AvgIpc) is 2.48. The molecule has 6 nitrogen and oxygen atoms in total. The number of rotatable bonds is 3. The molecular weight excluding hydrogens is 328 g/mol. The number of amides is 1. The van der Waals surface area contributed by atoms with E-state index < -0.39 is 10.0 Å². The van der Waals surface area contributed by atoms with E-state index in [0.717, 1.165) is 0 Å². The smallest absolute Gasteiger partial charge is 0.262 e. The molecule has 0 saturated heterocycles. The number of benzene rings is 2. The Labute approximate surface area is 132 Å². The molecule has 22 heavy (non-hydrogen) atoms. The van der Waals surface area contributed by atoms with Gasteiger partial charge in [0, 0.05) is 5.02 Å². The molecule has 1 amide bonds. The number of para-hydroxylation sites is 1. The minimum absolute atomic E-state index is 0.0672. The third kappa shape index (κ3) is 2.86. The number of nitrogens with one attached hydrogen (secondary N) is 2. The highest BCUT2D eigenvalue weighted by atomic mass is 35.5. The predicted octanol–water partition coefficient (Wildman–Crippen LogP) is 2.47. The van der Waals surface area contributed by atoms with Crippen LogP contribution in [0.1, 0.15) is 0 Å². The van der Waals surface area contributed by atoms with Gasteiger partial charge < -0.3 is 10.1 Å². The van der Waals surface area contributed by atoms with E-state index in [1.807, 2.05) is 0 Å². The van der Waals surface area contributed by atoms with Crippen LogP contribution in [0.3, 0.4) is 0 Å². The van der Waals surface area contributed by atoms with Gasteiger partial charge in [-0.15, -0.1) is 0 Å². The van der Waals surface area contributed by atoms with Crippen molar-refractivity contribution in [2.45, 2.75) is 4.90 Å². The number of carbonyl (C=O) groups is 1. The van der Waals surface area contributed by atoms with Crippen LogP contribution >= 0.6 is 11.6 Å². The Morgan fingerprint density at radius 1 is 1.14 bits per heavy atom. The van der Waals surface area contributed by atoms with Gasteiger partial charge in [0.15, 0.2) is 6.61 Å². The van der Waals surface area contributed by atoms with E-state index in [2.05, 4.69) is 10.0 Å². The van der Waals surface area contributed by atoms with Crippen LogP contribution in [0.4, 0.5) is 11.4 Å². The summed E-state index contributed by atoms with van der Waals surface area (Å²) in [5, 5.41) is 3.04. The van der Waals surface area contributed by atoms with Crippen molar-refractivity contribution in [3.05, 3.63) is 47.5 Å². The normalized spacial score (nSPS) is 13.8. The van der Waals surface area contributed by atoms with Crippen molar-refractivity contribution in [2.24, 2.45) is 0 Å². The third-order valence-corrected chi connectivity index (χ3v) is 4.65. The number of fused-ring (bicyclic) bond motifs is 1. The first kappa shape index (κ1) is 14.7. The Morgan fingerprint density at radius 3 is 2.59 bits per heavy atom. The van der Waals surface area contributed by atoms with Crippen LogP contribution in [0.15, 0.2) is 47.4 Å². The van der Waals surface area contributed by atoms with Crippen molar-refractivity contribution >= 4 is 38.9 Å². The van der Waals surface area contributed by atoms with Crippen LogP contribution in [-0.2, 0) is 14.8 Å². The fourth-order valence-electron chi connectivity index (χ4n) is 2.00. The van der Waals surface area contributed by atoms with E-state index in [1.165, 1.54) is 24.3 Å². The number of anilines is 2. The third-order valence-electron chi connectivity index (χ3n) is 3.02. The summed E-state index contributed by atoms with van der Waals surface area (Å²) in [6, 6.07) is 10.6. The number of ether oxygens (including phenoxy) is 1. The molecule has 1 aliphatic heterocycles. The molecule has 0 radical (unpaired) electrons. The Kier molecular flexibility index (Phi) is 3.67. The van der Waals surface area contributed by atoms with Gasteiger partial charge in [-0.25, -0.2) is 8.42 Å². The Hall–Kier alpha value is -2.25. The van der Waals surface area contributed by atoms with E-state index in [-0.39, 0.29) is 23.1 Å². The summed E-state index contributed by atoms with van der Waals surface area (Å²) in [4.78, 5) is 11.5. The highest BCUT2D eigenvalue weighted by Gasteiger charge is 2.22. The summed E-state index contributed by atoms with van der Waals surface area (Å²) in [7, 11) is -3.80. The molecule has 8 heteroatoms. The molecule has 2 N–H and O–H groups in total. The van der Waals surface area contributed by atoms with Gasteiger partial charge in [0.25, 0.3) is 15.9 Å². The van der Waals surface area contributed by atoms with Crippen LogP contribution < -0.4 is 14.8 Å². The van der Waals surface area contributed by atoms with Gasteiger partial charge in [-0.2, -0.15) is 0 Å². The first-order valence-corrected chi connectivity index (χ1v) is 8.16. The molecule has 0 saturated carbocycles. The molecule has 0 unspecified atom stereocenters. The number of hydrogen-bond acceptors (Lipinski definition) is 4. The fraction of sp³-hybridized carbons (Fsp3) is 0.0714. The van der Waals surface area contributed by atoms with Crippen molar-refractivity contribution in [3.63, 3.8) is 0 Å². The molecule has 2 aromatic carbocycles. The zero-order valence-corrected chi connectivity index (χ0v) is 12.7. The maximum atomic E-state index is 12.4. The van der Waals surface area contributed by atoms with Gasteiger partial charge in [-0.3, -0.25) is 9.52 Å². The van der Waals surface area contributed by atoms with Crippen LogP contribution in [0.2, 0.25) is 5.02 Å². The van der Waals surface area contributed by atoms with E-state index in [1.54, 1.807) is 18.2 Å². The minimum atomic E-state index is -3.80. The van der Waals surface area contributed by atoms with Gasteiger partial charge in [-0.1, -0.05) is 17.7 Å². The predicted molar refractivity (Wildman–Crippen MR) is 82.8 cm³/mol. The number of carbonyl (C=O) groups excluding carboxylic acids is 1. The molecule has 0 atom stereocenters. The summed E-state index contributed by atoms with van der Waals surface area (Å²) in [5.41, 5.74) is 0.539. The number of sulfonamides is 1. The second kappa shape index (κ2) is 5.51. The largest absolute Gasteiger partial charge is 0.481 e. The molecule has 2 aromatic rings. The lowest BCUT2D eigenvalue weighted by molar-refractivity contribution is -0.118. The minimum Gasteiger partial charge on any atom is -0.481 e. The monoisotopic (exact) mass is 338 g/mol. The quantitative estimate of drug-likeness (QED) is 0.900. The molecule has 0 aliphatic carbocycles. The van der Waals surface area contributed by atoms with E-state index >= 15 is 0 Å². The van der Waals surface area contributed by atoms with Crippen LogP contribution in [0.25, 0.3) is 0 Å². The lowest BCUT2D eigenvalue weighted by Gasteiger charge is -2.21. The van der Waals surface area contributed by atoms with E-state index in [4.69, 9.17) is 16.3 Å². The molecule has 0 aromatic heterocycles. The maximum Gasteiger partial charge on any atom is 0.262 e. The van der Waals surface area contributed by atoms with Crippen LogP contribution in [-0.4, -0.2) is 20.9 Å². The van der Waals surface area contributed by atoms with Crippen molar-refractivity contribution in [3.8, 4) is 5.75 Å². The Morgan fingerprint density at radius 2 is 1.86 bits per heavy atom. The van der Waals surface area contributed by atoms with Crippen molar-refractivity contribution in [1.82, 2.24) is 0 Å². The topological polar surface area (TPSA) is 84.5 Å². The van der Waals surface area contributed by atoms with E-state index in [0.29, 0.717) is 16.5 Å². The van der Waals surface area contributed by atoms with Crippen LogP contribution in [0, 0.1) is 0 Å². The van der Waals surface area contributed by atoms with Crippen molar-refractivity contribution in [1.29, 1.82) is 0 Å². The zero-order valence-electron chi connectivity index (χ0n) is 11.2. The van der Waals surface area contributed by atoms with E-state index in [9.17, 15) is 13.2 Å². The summed E-state index contributed by atoms with van der Waals surface area (Å²) >= 11 is 5.75. The lowest BCUT2D eigenvalue weighted by Crippen LogP contribution is -2.26. The lowest BCUT2D eigenvalue weighted by atomic mass is 10.2. The van der Waals surface area contributed by atoms with Gasteiger partial charge >= 0.3 is 0 Å². The maximum absolute atomic E-state index is 12.4. The van der Waals surface area contributed by atoms with Crippen LogP contribution in [0.5, 0.6) is 5.75 Å². The molecule has 1 aliphatic rings. The summed E-state index contributed by atoms with van der Waals surface area (Å²) in [6.07, 6.45) is 0. The summed E-state index contributed by atoms with van der Waals surface area (Å²) < 4.78 is 32.4. The highest BCUT2D eigenvalue weighted by Crippen LogP contribution is 2.35. The Bertz CT molecular complexity index is 834. The molecular formula is C14H11ClN2O4S. The first-order valence-electron chi connectivity index (χ1n) is 6.30. The molecule has 114 valence electrons. The summed E-state index contributed by atoms with van der Waals surface area (Å²) in [5.74, 6) is 0.0709.